The summed E-state index contributed by atoms with van der Waals surface area (Å²) in [6.45, 7) is 84.4. The number of rotatable bonds is 8. The zero-order valence-electron chi connectivity index (χ0n) is 69.0. The molecular weight excluding hydrogens is 1070 g/mol. The first-order valence-electron chi connectivity index (χ1n) is 39.2. The lowest BCUT2D eigenvalue weighted by atomic mass is 9.74. The molecule has 0 aromatic heterocycles. The maximum absolute atomic E-state index is 2.60. The van der Waals surface area contributed by atoms with Crippen LogP contribution in [0.5, 0.6) is 0 Å². The van der Waals surface area contributed by atoms with Gasteiger partial charge in [0.15, 0.2) is 0 Å². The van der Waals surface area contributed by atoms with Crippen LogP contribution in [0, 0.1) is 89.7 Å². The average molecular weight is 1260 g/mol. The van der Waals surface area contributed by atoms with Crippen molar-refractivity contribution in [3.63, 3.8) is 0 Å². The molecule has 7 fully saturated rings. The van der Waals surface area contributed by atoms with Crippen LogP contribution in [0.3, 0.4) is 0 Å². The largest absolute Gasteiger partial charge is 0.304 e. The number of nitrogens with zero attached hydrogens (tertiary/aromatic N) is 3. The lowest BCUT2D eigenvalue weighted by molar-refractivity contribution is 0.117. The number of hydrogen-bond acceptors (Lipinski definition) is 3. The van der Waals surface area contributed by atoms with E-state index in [0.717, 1.165) is 35.5 Å². The van der Waals surface area contributed by atoms with E-state index in [9.17, 15) is 0 Å². The third-order valence-electron chi connectivity index (χ3n) is 17.9. The summed E-state index contributed by atoms with van der Waals surface area (Å²) >= 11 is 0. The fraction of sp³-hybridized carbons (Fsp3) is 1.00. The number of likely N-dealkylation sites (N-methyl/N-ethyl adjacent to an activating group) is 1. The maximum Gasteiger partial charge on any atom is 0.0110 e. The fourth-order valence-corrected chi connectivity index (χ4v) is 15.6. The van der Waals surface area contributed by atoms with Gasteiger partial charge in [0.25, 0.3) is 0 Å². The van der Waals surface area contributed by atoms with E-state index in [0.29, 0.717) is 54.1 Å². The molecular formula is C86H179N3. The molecule has 0 atom stereocenters. The van der Waals surface area contributed by atoms with Crippen molar-refractivity contribution in [1.29, 1.82) is 0 Å². The second-order valence-electron chi connectivity index (χ2n) is 43.7. The molecule has 0 aromatic rings. The Kier molecular flexibility index (Phi) is 44.2. The molecule has 7 rings (SSSR count). The molecule has 5 saturated carbocycles. The lowest BCUT2D eigenvalue weighted by Crippen LogP contribution is -2.47. The molecule has 0 amide bonds. The first kappa shape index (κ1) is 90.9. The van der Waals surface area contributed by atoms with E-state index < -0.39 is 0 Å². The third-order valence-corrected chi connectivity index (χ3v) is 17.9. The zero-order chi connectivity index (χ0) is 69.4. The van der Waals surface area contributed by atoms with Crippen molar-refractivity contribution in [2.24, 2.45) is 89.7 Å². The Balaban J connectivity index is 0. The number of piperidine rings is 1. The highest BCUT2D eigenvalue weighted by Crippen LogP contribution is 2.41. The van der Waals surface area contributed by atoms with E-state index in [1.165, 1.54) is 239 Å². The summed E-state index contributed by atoms with van der Waals surface area (Å²) in [6.07, 6.45) is 42.4. The minimum atomic E-state index is 0.454. The van der Waals surface area contributed by atoms with Crippen molar-refractivity contribution >= 4 is 0 Å². The van der Waals surface area contributed by atoms with Gasteiger partial charge in [-0.2, -0.15) is 0 Å². The molecule has 2 heterocycles. The van der Waals surface area contributed by atoms with Gasteiger partial charge in [-0.1, -0.05) is 350 Å². The topological polar surface area (TPSA) is 9.72 Å². The molecule has 3 heteroatoms. The van der Waals surface area contributed by atoms with Gasteiger partial charge < -0.3 is 14.7 Å². The molecule has 89 heavy (non-hydrogen) atoms. The smallest absolute Gasteiger partial charge is 0.0110 e. The normalized spacial score (nSPS) is 20.4. The molecule has 2 saturated heterocycles. The Hall–Kier alpha value is -0.120. The van der Waals surface area contributed by atoms with Gasteiger partial charge in [0, 0.05) is 39.3 Å². The van der Waals surface area contributed by atoms with Crippen molar-refractivity contribution < 1.29 is 0 Å². The maximum atomic E-state index is 2.60. The summed E-state index contributed by atoms with van der Waals surface area (Å²) in [5.41, 5.74) is 5.27. The van der Waals surface area contributed by atoms with E-state index in [4.69, 9.17) is 0 Å². The lowest BCUT2D eigenvalue weighted by Gasteiger charge is -2.36. The molecule has 2 aliphatic heterocycles. The van der Waals surface area contributed by atoms with Crippen molar-refractivity contribution in [3.8, 4) is 0 Å². The fourth-order valence-electron chi connectivity index (χ4n) is 15.6. The Bertz CT molecular complexity index is 1510. The van der Waals surface area contributed by atoms with Crippen LogP contribution in [-0.4, -0.2) is 74.1 Å². The summed E-state index contributed by atoms with van der Waals surface area (Å²) in [6, 6.07) is 0. The molecule has 0 spiro atoms. The Morgan fingerprint density at radius 3 is 0.652 bits per heavy atom. The molecule has 5 aliphatic carbocycles. The van der Waals surface area contributed by atoms with Crippen LogP contribution in [0.15, 0.2) is 0 Å². The summed E-state index contributed by atoms with van der Waals surface area (Å²) in [4.78, 5) is 7.57. The summed E-state index contributed by atoms with van der Waals surface area (Å²) in [7, 11) is 2.20. The standard InChI is InChI=1S/2C11H22.C10H22N2.C10H21N.C10H20.C9H18.C9H20.C8H16.C8H18/c2*1-11(2,3)9-10-7-5-4-6-8-10;1-10(2,3)9-12-7-5-11(4)6-8-12;1-10(2,3)9-11-7-5-4-6-8-11;1-10(2,3)8-9-6-4-5-7-9;1-9(2,3)7-8-5-4-6-8;1-8(2,3)7-9(4,5)6;1-8(2,3)6-7-4-5-7;1-7(2)6-8(3,4)5/h2*10H,4-9H2,1-3H3;5-9H2,1-4H3;4-9H2,1-3H3;9H,4-8H2,1-3H3;8H,4-7H2,1-3H3;7H2,1-6H3;7H,4-6H2,1-3H3;7H,6H2,1-5H3. The summed E-state index contributed by atoms with van der Waals surface area (Å²) in [5.74, 6) is 6.16. The second kappa shape index (κ2) is 43.2. The van der Waals surface area contributed by atoms with E-state index in [1.807, 2.05) is 0 Å². The van der Waals surface area contributed by atoms with Crippen LogP contribution in [0.25, 0.3) is 0 Å². The first-order valence-corrected chi connectivity index (χ1v) is 39.2. The number of hydrogen-bond donors (Lipinski definition) is 0. The number of likely N-dealkylation sites (tertiary alicyclic amines) is 1. The Morgan fingerprint density at radius 2 is 0.483 bits per heavy atom. The van der Waals surface area contributed by atoms with Crippen molar-refractivity contribution in [2.75, 3.05) is 59.4 Å². The van der Waals surface area contributed by atoms with Crippen molar-refractivity contribution in [3.05, 3.63) is 0 Å². The molecule has 0 aromatic carbocycles. The SMILES string of the molecule is CC(C)(C)CC(C)(C)C.CC(C)(C)CC1CC1.CC(C)(C)CC1CCC1.CC(C)(C)CC1CCCC1.CC(C)(C)CC1CCCCC1.CC(C)(C)CC1CCCCC1.CC(C)(C)CN1CCCCC1.CC(C)CC(C)(C)C.CN1CCN(CC(C)(C)C)CC1. The average Bonchev–Trinajstić information content (AvgIpc) is 4.15. The minimum Gasteiger partial charge on any atom is -0.304 e. The predicted octanol–water partition coefficient (Wildman–Crippen LogP) is 28.0. The van der Waals surface area contributed by atoms with Crippen LogP contribution in [0.1, 0.15) is 408 Å². The predicted molar refractivity (Wildman–Crippen MR) is 411 cm³/mol. The summed E-state index contributed by atoms with van der Waals surface area (Å²) < 4.78 is 0. The van der Waals surface area contributed by atoms with Crippen molar-refractivity contribution in [2.45, 2.75) is 408 Å². The van der Waals surface area contributed by atoms with Gasteiger partial charge >= 0.3 is 0 Å². The molecule has 0 unspecified atom stereocenters. The van der Waals surface area contributed by atoms with E-state index in [2.05, 4.69) is 243 Å². The highest BCUT2D eigenvalue weighted by molar-refractivity contribution is 4.81. The van der Waals surface area contributed by atoms with E-state index in [-0.39, 0.29) is 0 Å². The molecule has 0 N–H and O–H groups in total. The quantitative estimate of drug-likeness (QED) is 0.240. The second-order valence-corrected chi connectivity index (χ2v) is 43.7. The van der Waals surface area contributed by atoms with Crippen LogP contribution in [0.2, 0.25) is 0 Å². The van der Waals surface area contributed by atoms with Gasteiger partial charge in [-0.3, -0.25) is 0 Å². The van der Waals surface area contributed by atoms with E-state index >= 15 is 0 Å². The number of piperazine rings is 1. The van der Waals surface area contributed by atoms with Crippen LogP contribution in [-0.2, 0) is 0 Å². The van der Waals surface area contributed by atoms with Crippen molar-refractivity contribution in [1.82, 2.24) is 14.7 Å². The van der Waals surface area contributed by atoms with Crippen LogP contribution < -0.4 is 0 Å². The highest BCUT2D eigenvalue weighted by atomic mass is 15.2. The van der Waals surface area contributed by atoms with Gasteiger partial charge in [-0.25, -0.2) is 0 Å². The van der Waals surface area contributed by atoms with Gasteiger partial charge in [-0.05, 0) is 168 Å². The molecule has 538 valence electrons. The van der Waals surface area contributed by atoms with Crippen LogP contribution in [0.4, 0.5) is 0 Å². The Morgan fingerprint density at radius 1 is 0.247 bits per heavy atom. The molecule has 7 aliphatic rings. The Labute approximate surface area is 568 Å². The van der Waals surface area contributed by atoms with Gasteiger partial charge in [0.1, 0.15) is 0 Å². The molecule has 0 bridgehead atoms. The monoisotopic (exact) mass is 1250 g/mol. The highest BCUT2D eigenvalue weighted by Gasteiger charge is 2.28. The van der Waals surface area contributed by atoms with E-state index in [1.54, 1.807) is 0 Å². The van der Waals surface area contributed by atoms with Gasteiger partial charge in [-0.15, -0.1) is 0 Å². The minimum absolute atomic E-state index is 0.454. The van der Waals surface area contributed by atoms with Gasteiger partial charge in [0.2, 0.25) is 0 Å². The third kappa shape index (κ3) is 70.5. The summed E-state index contributed by atoms with van der Waals surface area (Å²) in [5, 5.41) is 0. The molecule has 0 radical (unpaired) electrons. The molecule has 3 nitrogen and oxygen atoms in total. The first-order chi connectivity index (χ1) is 40.1. The van der Waals surface area contributed by atoms with Crippen LogP contribution >= 0.6 is 0 Å². The van der Waals surface area contributed by atoms with Gasteiger partial charge in [0.05, 0.1) is 0 Å². The zero-order valence-corrected chi connectivity index (χ0v) is 69.0.